The highest BCUT2D eigenvalue weighted by atomic mass is 16.5. The summed E-state index contributed by atoms with van der Waals surface area (Å²) in [5.74, 6) is 0.675. The number of amides is 2. The van der Waals surface area contributed by atoms with Gasteiger partial charge in [0.05, 0.1) is 31.0 Å². The highest BCUT2D eigenvalue weighted by molar-refractivity contribution is 6.33. The maximum Gasteiger partial charge on any atom is 0.322 e. The molecule has 1 aromatic heterocycles. The van der Waals surface area contributed by atoms with E-state index < -0.39 is 6.10 Å². The van der Waals surface area contributed by atoms with E-state index in [9.17, 15) is 9.90 Å². The zero-order valence-corrected chi connectivity index (χ0v) is 13.9. The summed E-state index contributed by atoms with van der Waals surface area (Å²) in [5, 5.41) is 23.5. The predicted molar refractivity (Wildman–Crippen MR) is 93.7 cm³/mol. The van der Waals surface area contributed by atoms with Crippen LogP contribution in [-0.2, 0) is 4.74 Å². The van der Waals surface area contributed by atoms with E-state index in [0.717, 1.165) is 10.9 Å². The number of aliphatic hydroxyl groups is 1. The summed E-state index contributed by atoms with van der Waals surface area (Å²) in [6, 6.07) is 5.43. The van der Waals surface area contributed by atoms with Crippen molar-refractivity contribution < 1.29 is 19.4 Å². The van der Waals surface area contributed by atoms with Crippen LogP contribution in [-0.4, -0.2) is 79.3 Å². The number of carbonyl (C=O) groups is 1. The Hall–Kier alpha value is -2.30. The van der Waals surface area contributed by atoms with E-state index in [0.29, 0.717) is 38.6 Å². The van der Waals surface area contributed by atoms with Crippen molar-refractivity contribution in [2.24, 2.45) is 0 Å². The second kappa shape index (κ2) is 8.70. The van der Waals surface area contributed by atoms with Crippen molar-refractivity contribution >= 4 is 24.5 Å². The van der Waals surface area contributed by atoms with E-state index in [1.165, 1.54) is 0 Å². The van der Waals surface area contributed by atoms with Crippen molar-refractivity contribution in [3.05, 3.63) is 24.4 Å². The molecule has 2 aromatic rings. The van der Waals surface area contributed by atoms with Crippen molar-refractivity contribution in [3.8, 4) is 5.75 Å². The molecule has 134 valence electrons. The van der Waals surface area contributed by atoms with Crippen LogP contribution in [0.4, 0.5) is 4.79 Å². The lowest BCUT2D eigenvalue weighted by Gasteiger charge is -2.27. The number of fused-ring (bicyclic) bond motifs is 1. The second-order valence-electron chi connectivity index (χ2n) is 5.80. The molecular formula is C15H22BN5O4. The molecule has 2 amide bonds. The van der Waals surface area contributed by atoms with Gasteiger partial charge in [-0.25, -0.2) is 4.79 Å². The summed E-state index contributed by atoms with van der Waals surface area (Å²) < 4.78 is 10.8. The molecule has 0 radical (unpaired) electrons. The first-order chi connectivity index (χ1) is 12.2. The number of rotatable bonds is 7. The Morgan fingerprint density at radius 1 is 1.48 bits per heavy atom. The molecule has 0 aliphatic carbocycles. The number of aromatic amines is 1. The molecule has 9 nitrogen and oxygen atoms in total. The second-order valence-corrected chi connectivity index (χ2v) is 5.80. The van der Waals surface area contributed by atoms with Gasteiger partial charge in [0.2, 0.25) is 0 Å². The average Bonchev–Trinajstić information content (AvgIpc) is 3.12. The first-order valence-electron chi connectivity index (χ1n) is 8.27. The highest BCUT2D eigenvalue weighted by Crippen LogP contribution is 2.18. The highest BCUT2D eigenvalue weighted by Gasteiger charge is 2.16. The summed E-state index contributed by atoms with van der Waals surface area (Å²) >= 11 is 0. The van der Waals surface area contributed by atoms with E-state index in [-0.39, 0.29) is 20.2 Å². The van der Waals surface area contributed by atoms with Crippen molar-refractivity contribution in [2.75, 3.05) is 39.5 Å². The van der Waals surface area contributed by atoms with Crippen LogP contribution >= 0.6 is 0 Å². The van der Waals surface area contributed by atoms with Gasteiger partial charge in [0.15, 0.2) is 0 Å². The number of hydrogen-bond acceptors (Lipinski definition) is 6. The molecule has 4 N–H and O–H groups in total. The minimum absolute atomic E-state index is 0.130. The molecular weight excluding hydrogens is 325 g/mol. The van der Waals surface area contributed by atoms with E-state index in [2.05, 4.69) is 20.7 Å². The molecule has 1 aromatic carbocycles. The summed E-state index contributed by atoms with van der Waals surface area (Å²) in [6.45, 7) is 2.82. The Bertz CT molecular complexity index is 691. The van der Waals surface area contributed by atoms with Gasteiger partial charge in [-0.1, -0.05) is 0 Å². The van der Waals surface area contributed by atoms with Gasteiger partial charge in [0.25, 0.3) is 0 Å². The van der Waals surface area contributed by atoms with Gasteiger partial charge < -0.3 is 29.9 Å². The van der Waals surface area contributed by atoms with Gasteiger partial charge in [-0.3, -0.25) is 5.10 Å². The molecule has 3 rings (SSSR count). The molecule has 0 bridgehead atoms. The molecule has 1 atom stereocenters. The predicted octanol–water partition coefficient (Wildman–Crippen LogP) is -0.799. The van der Waals surface area contributed by atoms with Gasteiger partial charge >= 0.3 is 13.6 Å². The Kier molecular flexibility index (Phi) is 6.10. The summed E-state index contributed by atoms with van der Waals surface area (Å²) in [6.07, 6.45) is 1.04. The minimum atomic E-state index is -0.680. The fraction of sp³-hybridized carbons (Fsp3) is 0.467. The lowest BCUT2D eigenvalue weighted by atomic mass is 10.1. The van der Waals surface area contributed by atoms with Crippen LogP contribution in [0.3, 0.4) is 0 Å². The third kappa shape index (κ3) is 5.09. The van der Waals surface area contributed by atoms with Crippen LogP contribution in [0.1, 0.15) is 0 Å². The fourth-order valence-electron chi connectivity index (χ4n) is 2.52. The SMILES string of the molecule is O=C(NBNC[C@H](O)COc1ccc2[nH]ncc2c1)N1CCOCC1. The van der Waals surface area contributed by atoms with Gasteiger partial charge in [-0.2, -0.15) is 5.10 Å². The number of carbonyl (C=O) groups excluding carboxylic acids is 1. The van der Waals surface area contributed by atoms with E-state index >= 15 is 0 Å². The van der Waals surface area contributed by atoms with Crippen molar-refractivity contribution in [1.82, 2.24) is 25.6 Å². The fourth-order valence-corrected chi connectivity index (χ4v) is 2.52. The van der Waals surface area contributed by atoms with Crippen LogP contribution < -0.4 is 15.2 Å². The van der Waals surface area contributed by atoms with E-state index in [1.54, 1.807) is 11.1 Å². The topological polar surface area (TPSA) is 112 Å². The molecule has 25 heavy (non-hydrogen) atoms. The third-order valence-corrected chi connectivity index (χ3v) is 3.90. The largest absolute Gasteiger partial charge is 0.491 e. The maximum absolute atomic E-state index is 11.9. The normalized spacial score (nSPS) is 15.8. The third-order valence-electron chi connectivity index (χ3n) is 3.90. The van der Waals surface area contributed by atoms with Gasteiger partial charge in [0, 0.05) is 25.0 Å². The number of ether oxygens (including phenoxy) is 2. The summed E-state index contributed by atoms with van der Waals surface area (Å²) in [7, 11) is 0.286. The van der Waals surface area contributed by atoms with Crippen LogP contribution in [0, 0.1) is 0 Å². The van der Waals surface area contributed by atoms with Gasteiger partial charge in [-0.05, 0) is 18.2 Å². The number of H-pyrrole nitrogens is 1. The molecule has 1 aliphatic rings. The molecule has 2 heterocycles. The number of aromatic nitrogens is 2. The monoisotopic (exact) mass is 347 g/mol. The van der Waals surface area contributed by atoms with Crippen molar-refractivity contribution in [1.29, 1.82) is 0 Å². The Morgan fingerprint density at radius 2 is 2.32 bits per heavy atom. The molecule has 0 saturated carbocycles. The zero-order chi connectivity index (χ0) is 17.5. The molecule has 1 saturated heterocycles. The Labute approximate surface area is 145 Å². The van der Waals surface area contributed by atoms with Crippen LogP contribution in [0.15, 0.2) is 24.4 Å². The number of hydrogen-bond donors (Lipinski definition) is 4. The quantitative estimate of drug-likeness (QED) is 0.386. The van der Waals surface area contributed by atoms with Crippen LogP contribution in [0.2, 0.25) is 0 Å². The van der Waals surface area contributed by atoms with E-state index in [1.807, 2.05) is 18.2 Å². The Balaban J connectivity index is 1.31. The lowest BCUT2D eigenvalue weighted by molar-refractivity contribution is 0.0544. The molecule has 10 heteroatoms. The van der Waals surface area contributed by atoms with Crippen LogP contribution in [0.25, 0.3) is 10.9 Å². The molecule has 0 unspecified atom stereocenters. The number of nitrogens with one attached hydrogen (secondary N) is 3. The van der Waals surface area contributed by atoms with Crippen molar-refractivity contribution in [2.45, 2.75) is 6.10 Å². The summed E-state index contributed by atoms with van der Waals surface area (Å²) in [5.41, 5.74) is 0.936. The molecule has 1 fully saturated rings. The molecule has 0 spiro atoms. The maximum atomic E-state index is 11.9. The smallest absolute Gasteiger partial charge is 0.322 e. The summed E-state index contributed by atoms with van der Waals surface area (Å²) in [4.78, 5) is 13.6. The number of benzene rings is 1. The standard InChI is InChI=1S/C15H22BN5O4/c22-12(9-17-16-19-15(23)21-3-5-24-6-4-21)10-25-13-1-2-14-11(7-13)8-18-20-14/h1-2,7-8,12,16-17,22H,3-6,9-10H2,(H,18,20)(H,19,23)/t12-/m0/s1. The van der Waals surface area contributed by atoms with Crippen molar-refractivity contribution in [3.63, 3.8) is 0 Å². The number of morpholine rings is 1. The van der Waals surface area contributed by atoms with Crippen LogP contribution in [0.5, 0.6) is 5.75 Å². The minimum Gasteiger partial charge on any atom is -0.491 e. The number of nitrogens with zero attached hydrogens (tertiary/aromatic N) is 2. The van der Waals surface area contributed by atoms with E-state index in [4.69, 9.17) is 9.47 Å². The molecule has 1 aliphatic heterocycles. The van der Waals surface area contributed by atoms with Gasteiger partial charge in [-0.15, -0.1) is 0 Å². The van der Waals surface area contributed by atoms with Gasteiger partial charge in [0.1, 0.15) is 12.4 Å². The lowest BCUT2D eigenvalue weighted by Crippen LogP contribution is -2.50. The first kappa shape index (κ1) is 17.5. The Morgan fingerprint density at radius 3 is 3.16 bits per heavy atom. The first-order valence-corrected chi connectivity index (χ1v) is 8.27. The average molecular weight is 347 g/mol. The number of aliphatic hydroxyl groups excluding tert-OH is 1. The number of urea groups is 1. The zero-order valence-electron chi connectivity index (χ0n) is 13.9.